The van der Waals surface area contributed by atoms with Crippen LogP contribution in [-0.4, -0.2) is 29.6 Å². The van der Waals surface area contributed by atoms with Crippen LogP contribution >= 0.6 is 0 Å². The summed E-state index contributed by atoms with van der Waals surface area (Å²) in [7, 11) is 0. The molecule has 2 amide bonds. The molecule has 0 spiro atoms. The molecule has 0 unspecified atom stereocenters. The van der Waals surface area contributed by atoms with Gasteiger partial charge in [-0.1, -0.05) is 54.6 Å². The van der Waals surface area contributed by atoms with E-state index >= 15 is 0 Å². The van der Waals surface area contributed by atoms with E-state index in [-0.39, 0.29) is 35.5 Å². The second-order valence-electron chi connectivity index (χ2n) is 9.64. The first-order valence-corrected chi connectivity index (χ1v) is 12.6. The van der Waals surface area contributed by atoms with Gasteiger partial charge in [0.1, 0.15) is 6.61 Å². The van der Waals surface area contributed by atoms with E-state index in [1.807, 2.05) is 43.3 Å². The zero-order chi connectivity index (χ0) is 24.6. The fourth-order valence-corrected chi connectivity index (χ4v) is 5.86. The van der Waals surface area contributed by atoms with Crippen molar-refractivity contribution in [2.24, 2.45) is 28.8 Å². The zero-order valence-corrected chi connectivity index (χ0v) is 20.2. The number of hydrazone groups is 1. The lowest BCUT2D eigenvalue weighted by atomic mass is 9.63. The van der Waals surface area contributed by atoms with Crippen molar-refractivity contribution in [3.8, 4) is 11.5 Å². The highest BCUT2D eigenvalue weighted by Gasteiger charge is 2.56. The maximum Gasteiger partial charge on any atom is 0.254 e. The number of fused-ring (bicyclic) bond motifs is 2. The summed E-state index contributed by atoms with van der Waals surface area (Å²) >= 11 is 0. The molecular weight excluding hydrogens is 452 g/mol. The minimum atomic E-state index is -0.262. The molecule has 7 rings (SSSR count). The van der Waals surface area contributed by atoms with Crippen LogP contribution in [-0.2, 0) is 16.2 Å². The average molecular weight is 481 g/mol. The van der Waals surface area contributed by atoms with Crippen molar-refractivity contribution in [3.63, 3.8) is 0 Å². The van der Waals surface area contributed by atoms with Gasteiger partial charge < -0.3 is 9.47 Å². The van der Waals surface area contributed by atoms with E-state index in [2.05, 4.69) is 41.5 Å². The fourth-order valence-electron chi connectivity index (χ4n) is 5.86. The Labute approximate surface area is 210 Å². The van der Waals surface area contributed by atoms with Crippen LogP contribution in [0.25, 0.3) is 10.8 Å². The molecule has 0 aromatic heterocycles. The topological polar surface area (TPSA) is 68.2 Å². The van der Waals surface area contributed by atoms with Crippen molar-refractivity contribution < 1.29 is 19.1 Å². The molecule has 1 saturated heterocycles. The predicted molar refractivity (Wildman–Crippen MR) is 138 cm³/mol. The maximum absolute atomic E-state index is 13.0. The number of allylic oxidation sites excluding steroid dienone is 2. The summed E-state index contributed by atoms with van der Waals surface area (Å²) in [6.45, 7) is 2.80. The van der Waals surface area contributed by atoms with E-state index in [4.69, 9.17) is 9.47 Å². The van der Waals surface area contributed by atoms with Gasteiger partial charge in [-0.3, -0.25) is 9.59 Å². The Morgan fingerprint density at radius 3 is 2.33 bits per heavy atom. The molecule has 1 saturated carbocycles. The van der Waals surface area contributed by atoms with Crippen molar-refractivity contribution >= 4 is 28.8 Å². The molecule has 182 valence electrons. The van der Waals surface area contributed by atoms with Crippen LogP contribution in [0.2, 0.25) is 0 Å². The molecule has 0 N–H and O–H groups in total. The Bertz CT molecular complexity index is 1360. The molecule has 2 fully saturated rings. The van der Waals surface area contributed by atoms with Gasteiger partial charge in [-0.05, 0) is 71.7 Å². The third-order valence-corrected chi connectivity index (χ3v) is 7.59. The van der Waals surface area contributed by atoms with E-state index in [0.717, 1.165) is 34.4 Å². The average Bonchev–Trinajstić information content (AvgIpc) is 3.19. The van der Waals surface area contributed by atoms with E-state index in [9.17, 15) is 9.59 Å². The third kappa shape index (κ3) is 3.87. The molecular formula is C30H28N2O4. The largest absolute Gasteiger partial charge is 0.490 e. The van der Waals surface area contributed by atoms with E-state index in [0.29, 0.717) is 24.7 Å². The number of nitrogens with zero attached hydrogens (tertiary/aromatic N) is 2. The molecule has 3 aromatic rings. The van der Waals surface area contributed by atoms with Crippen molar-refractivity contribution in [3.05, 3.63) is 83.9 Å². The van der Waals surface area contributed by atoms with Gasteiger partial charge in [0.05, 0.1) is 24.7 Å². The molecule has 6 nitrogen and oxygen atoms in total. The first-order chi connectivity index (χ1) is 17.6. The summed E-state index contributed by atoms with van der Waals surface area (Å²) in [6.07, 6.45) is 7.71. The summed E-state index contributed by atoms with van der Waals surface area (Å²) in [5.41, 5.74) is 1.82. The van der Waals surface area contributed by atoms with Crippen LogP contribution in [0.15, 0.2) is 77.9 Å². The molecule has 4 atom stereocenters. The van der Waals surface area contributed by atoms with Gasteiger partial charge in [0.15, 0.2) is 11.5 Å². The summed E-state index contributed by atoms with van der Waals surface area (Å²) in [5.74, 6) is 0.643. The van der Waals surface area contributed by atoms with Crippen LogP contribution < -0.4 is 9.47 Å². The SMILES string of the molecule is CCOc1cc(/C=N\N2C(=O)[C@@H]3[C@H](C2=O)[C@H]2C=C[C@H]3CC2)ccc1OCc1cccc2ccccc12. The fraction of sp³-hybridized carbons (Fsp3) is 0.300. The van der Waals surface area contributed by atoms with Crippen LogP contribution in [0.3, 0.4) is 0 Å². The number of amides is 2. The molecule has 3 aromatic carbocycles. The lowest BCUT2D eigenvalue weighted by molar-refractivity contribution is -0.140. The molecule has 1 aliphatic heterocycles. The van der Waals surface area contributed by atoms with Crippen LogP contribution in [0.1, 0.15) is 30.9 Å². The van der Waals surface area contributed by atoms with Gasteiger partial charge in [-0.2, -0.15) is 10.1 Å². The summed E-state index contributed by atoms with van der Waals surface area (Å²) in [6, 6.07) is 19.9. The number of imide groups is 1. The first-order valence-electron chi connectivity index (χ1n) is 12.6. The van der Waals surface area contributed by atoms with Gasteiger partial charge >= 0.3 is 0 Å². The van der Waals surface area contributed by atoms with Gasteiger partial charge in [0.2, 0.25) is 0 Å². The number of rotatable bonds is 7. The highest BCUT2D eigenvalue weighted by Crippen LogP contribution is 2.49. The van der Waals surface area contributed by atoms with Crippen LogP contribution in [0, 0.1) is 23.7 Å². The minimum Gasteiger partial charge on any atom is -0.490 e. The highest BCUT2D eigenvalue weighted by molar-refractivity contribution is 6.06. The van der Waals surface area contributed by atoms with Crippen molar-refractivity contribution in [2.45, 2.75) is 26.4 Å². The second kappa shape index (κ2) is 9.26. The molecule has 36 heavy (non-hydrogen) atoms. The highest BCUT2D eigenvalue weighted by atomic mass is 16.5. The second-order valence-corrected chi connectivity index (χ2v) is 9.64. The lowest BCUT2D eigenvalue weighted by Crippen LogP contribution is -2.38. The smallest absolute Gasteiger partial charge is 0.254 e. The Balaban J connectivity index is 1.20. The van der Waals surface area contributed by atoms with E-state index in [1.54, 1.807) is 6.21 Å². The minimum absolute atomic E-state index is 0.152. The van der Waals surface area contributed by atoms with Crippen molar-refractivity contribution in [1.29, 1.82) is 0 Å². The lowest BCUT2D eigenvalue weighted by Gasteiger charge is -2.37. The Morgan fingerprint density at radius 2 is 1.61 bits per heavy atom. The van der Waals surface area contributed by atoms with Gasteiger partial charge in [-0.25, -0.2) is 0 Å². The molecule has 3 aliphatic carbocycles. The third-order valence-electron chi connectivity index (χ3n) is 7.59. The first kappa shape index (κ1) is 22.5. The summed E-state index contributed by atoms with van der Waals surface area (Å²) < 4.78 is 12.0. The standard InChI is InChI=1S/C30H28N2O4/c1-2-35-26-16-19(10-15-25(26)36-18-23-8-5-7-20-6-3-4-9-24(20)23)17-31-32-29(33)27-21-11-12-22(14-13-21)28(27)30(32)34/h3-12,15-17,21-22,27-28H,2,13-14,18H2,1H3/b31-17-/t21-,22-,27-,28+/m0/s1. The Kier molecular flexibility index (Phi) is 5.80. The van der Waals surface area contributed by atoms with Gasteiger partial charge in [0.25, 0.3) is 11.8 Å². The van der Waals surface area contributed by atoms with E-state index < -0.39 is 0 Å². The normalized spacial score (nSPS) is 24.6. The van der Waals surface area contributed by atoms with E-state index in [1.165, 1.54) is 5.39 Å². The molecule has 1 heterocycles. The number of ether oxygens (including phenoxy) is 2. The molecule has 2 bridgehead atoms. The number of carbonyl (C=O) groups excluding carboxylic acids is 2. The van der Waals surface area contributed by atoms with Crippen molar-refractivity contribution in [1.82, 2.24) is 5.01 Å². The molecule has 6 heteroatoms. The number of hydrogen-bond donors (Lipinski definition) is 0. The maximum atomic E-state index is 13.0. The van der Waals surface area contributed by atoms with Crippen molar-refractivity contribution in [2.75, 3.05) is 6.61 Å². The van der Waals surface area contributed by atoms with Gasteiger partial charge in [0, 0.05) is 0 Å². The van der Waals surface area contributed by atoms with Gasteiger partial charge in [-0.15, -0.1) is 0 Å². The molecule has 0 radical (unpaired) electrons. The van der Waals surface area contributed by atoms with Crippen LogP contribution in [0.5, 0.6) is 11.5 Å². The monoisotopic (exact) mass is 480 g/mol. The summed E-state index contributed by atoms with van der Waals surface area (Å²) in [5, 5.41) is 7.73. The molecule has 4 aliphatic rings. The Morgan fingerprint density at radius 1 is 0.889 bits per heavy atom. The quantitative estimate of drug-likeness (QED) is 0.260. The zero-order valence-electron chi connectivity index (χ0n) is 20.2. The van der Waals surface area contributed by atoms with Crippen LogP contribution in [0.4, 0.5) is 0 Å². The predicted octanol–water partition coefficient (Wildman–Crippen LogP) is 5.35. The number of benzene rings is 3. The summed E-state index contributed by atoms with van der Waals surface area (Å²) in [4.78, 5) is 26.0. The number of hydrogen-bond acceptors (Lipinski definition) is 5. The number of carbonyl (C=O) groups is 2. The Hall–Kier alpha value is -3.93.